The van der Waals surface area contributed by atoms with Gasteiger partial charge in [-0.2, -0.15) is 0 Å². The highest BCUT2D eigenvalue weighted by atomic mass is 16.5. The number of furan rings is 1. The molecule has 0 amide bonds. The van der Waals surface area contributed by atoms with Gasteiger partial charge in [-0.15, -0.1) is 0 Å². The van der Waals surface area contributed by atoms with E-state index in [-0.39, 0.29) is 0 Å². The van der Waals surface area contributed by atoms with Crippen LogP contribution in [0.5, 0.6) is 0 Å². The molecule has 0 unspecified atom stereocenters. The van der Waals surface area contributed by atoms with Gasteiger partial charge in [0.2, 0.25) is 0 Å². The van der Waals surface area contributed by atoms with Gasteiger partial charge < -0.3 is 19.4 Å². The Kier molecular flexibility index (Phi) is 9.58. The molecule has 2 aromatic carbocycles. The van der Waals surface area contributed by atoms with E-state index >= 15 is 0 Å². The van der Waals surface area contributed by atoms with Crippen molar-refractivity contribution in [3.8, 4) is 0 Å². The molecule has 0 radical (unpaired) electrons. The van der Waals surface area contributed by atoms with Crippen LogP contribution in [0.25, 0.3) is 0 Å². The molecule has 6 heteroatoms. The summed E-state index contributed by atoms with van der Waals surface area (Å²) >= 11 is 0. The smallest absolute Gasteiger partial charge is 0.335 e. The van der Waals surface area contributed by atoms with Crippen molar-refractivity contribution in [2.45, 2.75) is 6.61 Å². The minimum Gasteiger partial charge on any atom is -0.478 e. The van der Waals surface area contributed by atoms with E-state index in [1.54, 1.807) is 74.0 Å². The Morgan fingerprint density at radius 3 is 1.54 bits per heavy atom. The Morgan fingerprint density at radius 1 is 0.808 bits per heavy atom. The third-order valence-electron chi connectivity index (χ3n) is 2.91. The van der Waals surface area contributed by atoms with Gasteiger partial charge in [0.05, 0.1) is 17.4 Å². The molecule has 1 heterocycles. The van der Waals surface area contributed by atoms with Crippen molar-refractivity contribution >= 4 is 11.9 Å². The summed E-state index contributed by atoms with van der Waals surface area (Å²) in [4.78, 5) is 20.4. The molecule has 3 rings (SSSR count). The number of aromatic carboxylic acids is 2. The number of rotatable bonds is 4. The Morgan fingerprint density at radius 2 is 1.27 bits per heavy atom. The molecule has 0 fully saturated rings. The average molecular weight is 356 g/mol. The molecular formula is C20H20O6. The number of methoxy groups -OCH3 is 1. The van der Waals surface area contributed by atoms with Crippen molar-refractivity contribution in [3.05, 3.63) is 95.9 Å². The van der Waals surface area contributed by atoms with Crippen LogP contribution in [-0.2, 0) is 11.3 Å². The van der Waals surface area contributed by atoms with Crippen molar-refractivity contribution in [1.29, 1.82) is 0 Å². The number of hydrogen-bond acceptors (Lipinski definition) is 4. The maximum Gasteiger partial charge on any atom is 0.335 e. The number of benzene rings is 2. The fraction of sp³-hybridized carbons (Fsp3) is 0.100. The van der Waals surface area contributed by atoms with Crippen molar-refractivity contribution < 1.29 is 29.0 Å². The molecule has 0 aliphatic heterocycles. The summed E-state index contributed by atoms with van der Waals surface area (Å²) < 4.78 is 9.74. The average Bonchev–Trinajstić information content (AvgIpc) is 3.18. The molecule has 6 nitrogen and oxygen atoms in total. The van der Waals surface area contributed by atoms with Gasteiger partial charge in [-0.05, 0) is 36.4 Å². The lowest BCUT2D eigenvalue weighted by Gasteiger charge is -1.88. The molecule has 0 saturated heterocycles. The predicted molar refractivity (Wildman–Crippen MR) is 96.2 cm³/mol. The lowest BCUT2D eigenvalue weighted by atomic mass is 10.2. The van der Waals surface area contributed by atoms with Gasteiger partial charge in [-0.1, -0.05) is 36.4 Å². The van der Waals surface area contributed by atoms with Gasteiger partial charge in [0, 0.05) is 7.11 Å². The van der Waals surface area contributed by atoms with Crippen molar-refractivity contribution in [2.24, 2.45) is 0 Å². The minimum atomic E-state index is -0.879. The first-order valence-corrected chi connectivity index (χ1v) is 7.62. The standard InChI is InChI=1S/2C7H6O2.C6H8O2/c2*8-7(9)6-4-2-1-3-5-6;1-7-5-6-3-2-4-8-6/h2*1-5H,(H,8,9);2-4H,5H2,1H3. The summed E-state index contributed by atoms with van der Waals surface area (Å²) in [6.45, 7) is 0.562. The van der Waals surface area contributed by atoms with E-state index in [0.717, 1.165) is 5.76 Å². The zero-order valence-electron chi connectivity index (χ0n) is 14.2. The second-order valence-corrected chi connectivity index (χ2v) is 4.85. The van der Waals surface area contributed by atoms with E-state index in [1.165, 1.54) is 0 Å². The van der Waals surface area contributed by atoms with Gasteiger partial charge in [0.25, 0.3) is 0 Å². The number of carbonyl (C=O) groups is 2. The molecule has 0 bridgehead atoms. The molecule has 0 saturated carbocycles. The van der Waals surface area contributed by atoms with E-state index in [2.05, 4.69) is 0 Å². The maximum absolute atomic E-state index is 10.2. The van der Waals surface area contributed by atoms with Gasteiger partial charge >= 0.3 is 11.9 Å². The molecule has 0 spiro atoms. The van der Waals surface area contributed by atoms with E-state index in [4.69, 9.17) is 19.4 Å². The molecular weight excluding hydrogens is 336 g/mol. The second-order valence-electron chi connectivity index (χ2n) is 4.85. The molecule has 136 valence electrons. The van der Waals surface area contributed by atoms with Crippen LogP contribution in [0.3, 0.4) is 0 Å². The monoisotopic (exact) mass is 356 g/mol. The van der Waals surface area contributed by atoms with Crippen LogP contribution >= 0.6 is 0 Å². The van der Waals surface area contributed by atoms with Gasteiger partial charge in [0.1, 0.15) is 12.4 Å². The molecule has 0 aliphatic carbocycles. The Labute approximate surface area is 151 Å². The maximum atomic E-state index is 10.2. The van der Waals surface area contributed by atoms with Crippen molar-refractivity contribution in [1.82, 2.24) is 0 Å². The Bertz CT molecular complexity index is 702. The number of carboxylic acid groups (broad SMARTS) is 2. The second kappa shape index (κ2) is 12.0. The van der Waals surface area contributed by atoms with Crippen LogP contribution in [0.2, 0.25) is 0 Å². The first kappa shape index (κ1) is 20.7. The molecule has 3 aromatic rings. The van der Waals surface area contributed by atoms with Crippen LogP contribution in [-0.4, -0.2) is 29.3 Å². The van der Waals surface area contributed by atoms with E-state index < -0.39 is 11.9 Å². The fourth-order valence-corrected chi connectivity index (χ4v) is 1.70. The topological polar surface area (TPSA) is 97.0 Å². The van der Waals surface area contributed by atoms with Crippen LogP contribution in [0, 0.1) is 0 Å². The summed E-state index contributed by atoms with van der Waals surface area (Å²) in [5.74, 6) is -0.890. The van der Waals surface area contributed by atoms with Crippen LogP contribution in [0.1, 0.15) is 26.5 Å². The summed E-state index contributed by atoms with van der Waals surface area (Å²) in [7, 11) is 1.64. The van der Waals surface area contributed by atoms with Crippen molar-refractivity contribution in [2.75, 3.05) is 7.11 Å². The Hall–Kier alpha value is -3.38. The zero-order valence-corrected chi connectivity index (χ0v) is 14.2. The first-order valence-electron chi connectivity index (χ1n) is 7.62. The van der Waals surface area contributed by atoms with Crippen molar-refractivity contribution in [3.63, 3.8) is 0 Å². The third kappa shape index (κ3) is 8.47. The lowest BCUT2D eigenvalue weighted by Crippen LogP contribution is -1.93. The molecule has 2 N–H and O–H groups in total. The number of ether oxygens (including phenoxy) is 1. The molecule has 0 aliphatic rings. The van der Waals surface area contributed by atoms with Crippen LogP contribution in [0.15, 0.2) is 83.5 Å². The molecule has 0 atom stereocenters. The highest BCUT2D eigenvalue weighted by Crippen LogP contribution is 1.99. The molecule has 1 aromatic heterocycles. The summed E-state index contributed by atoms with van der Waals surface area (Å²) in [6, 6.07) is 20.3. The summed E-state index contributed by atoms with van der Waals surface area (Å²) in [5, 5.41) is 16.8. The largest absolute Gasteiger partial charge is 0.478 e. The van der Waals surface area contributed by atoms with E-state index in [9.17, 15) is 9.59 Å². The van der Waals surface area contributed by atoms with E-state index in [0.29, 0.717) is 17.7 Å². The van der Waals surface area contributed by atoms with Crippen LogP contribution in [0.4, 0.5) is 0 Å². The quantitative estimate of drug-likeness (QED) is 0.727. The number of carboxylic acids is 2. The van der Waals surface area contributed by atoms with Gasteiger partial charge in [-0.3, -0.25) is 0 Å². The zero-order chi connectivity index (χ0) is 19.2. The fourth-order valence-electron chi connectivity index (χ4n) is 1.70. The third-order valence-corrected chi connectivity index (χ3v) is 2.91. The highest BCUT2D eigenvalue weighted by molar-refractivity contribution is 5.87. The Balaban J connectivity index is 0.000000195. The summed E-state index contributed by atoms with van der Waals surface area (Å²) in [5.41, 5.74) is 0.662. The minimum absolute atomic E-state index is 0.331. The molecule has 26 heavy (non-hydrogen) atoms. The van der Waals surface area contributed by atoms with Gasteiger partial charge in [0.15, 0.2) is 0 Å². The lowest BCUT2D eigenvalue weighted by molar-refractivity contribution is 0.0686. The SMILES string of the molecule is COCc1ccco1.O=C(O)c1ccccc1.O=C(O)c1ccccc1. The van der Waals surface area contributed by atoms with Crippen LogP contribution < -0.4 is 0 Å². The predicted octanol–water partition coefficient (Wildman–Crippen LogP) is 4.20. The summed E-state index contributed by atoms with van der Waals surface area (Å²) in [6.07, 6.45) is 1.63. The number of hydrogen-bond donors (Lipinski definition) is 2. The highest BCUT2D eigenvalue weighted by Gasteiger charge is 1.97. The normalized spacial score (nSPS) is 9.12. The first-order chi connectivity index (χ1) is 12.5. The van der Waals surface area contributed by atoms with Gasteiger partial charge in [-0.25, -0.2) is 9.59 Å². The van der Waals surface area contributed by atoms with E-state index in [1.807, 2.05) is 12.1 Å².